The van der Waals surface area contributed by atoms with Crippen LogP contribution in [-0.2, 0) is 14.1 Å². The van der Waals surface area contributed by atoms with E-state index in [2.05, 4.69) is 0 Å². The second kappa shape index (κ2) is 6.90. The fraction of sp³-hybridized carbons (Fsp3) is 0.471. The summed E-state index contributed by atoms with van der Waals surface area (Å²) in [5, 5.41) is -0.00960. The van der Waals surface area contributed by atoms with E-state index in [1.807, 2.05) is 27.7 Å². The Labute approximate surface area is 147 Å². The van der Waals surface area contributed by atoms with Gasteiger partial charge in [0.1, 0.15) is 5.82 Å². The van der Waals surface area contributed by atoms with Crippen LogP contribution in [-0.4, -0.2) is 29.2 Å². The van der Waals surface area contributed by atoms with Gasteiger partial charge in [-0.3, -0.25) is 4.79 Å². The first-order chi connectivity index (χ1) is 11.0. The number of carbonyl (C=O) groups is 1. The molecule has 7 heteroatoms. The Morgan fingerprint density at radius 3 is 2.42 bits per heavy atom. The summed E-state index contributed by atoms with van der Waals surface area (Å²) in [4.78, 5) is 11.4. The molecule has 2 rings (SSSR count). The first kappa shape index (κ1) is 19.0. The first-order valence-corrected chi connectivity index (χ1v) is 8.75. The van der Waals surface area contributed by atoms with E-state index in [0.717, 1.165) is 17.2 Å². The van der Waals surface area contributed by atoms with E-state index in [4.69, 9.17) is 15.0 Å². The van der Waals surface area contributed by atoms with Crippen molar-refractivity contribution in [1.82, 2.24) is 0 Å². The predicted molar refractivity (Wildman–Crippen MR) is 98.0 cm³/mol. The summed E-state index contributed by atoms with van der Waals surface area (Å²) in [6.45, 7) is 9.33. The Morgan fingerprint density at radius 1 is 1.29 bits per heavy atom. The smallest absolute Gasteiger partial charge is 0.400 e. The molecule has 24 heavy (non-hydrogen) atoms. The zero-order valence-electron chi connectivity index (χ0n) is 14.7. The second-order valence-electron chi connectivity index (χ2n) is 6.86. The van der Waals surface area contributed by atoms with Crippen LogP contribution in [0, 0.1) is 5.82 Å². The van der Waals surface area contributed by atoms with Crippen LogP contribution < -0.4 is 5.73 Å². The van der Waals surface area contributed by atoms with E-state index in [1.165, 1.54) is 25.1 Å². The molecule has 0 spiro atoms. The summed E-state index contributed by atoms with van der Waals surface area (Å²) in [7, 11) is -0.607. The lowest BCUT2D eigenvalue weighted by Gasteiger charge is -2.32. The number of carbonyl (C=O) groups excluding carboxylic acids is 1. The molecule has 0 aromatic heterocycles. The summed E-state index contributed by atoms with van der Waals surface area (Å²) in [5.41, 5.74) is 6.69. The zero-order chi connectivity index (χ0) is 18.1. The number of rotatable bonds is 4. The quantitative estimate of drug-likeness (QED) is 0.662. The maximum atomic E-state index is 13.5. The Morgan fingerprint density at radius 2 is 1.88 bits per heavy atom. The fourth-order valence-electron chi connectivity index (χ4n) is 2.23. The molecule has 0 amide bonds. The van der Waals surface area contributed by atoms with Crippen LogP contribution in [0.25, 0.3) is 6.08 Å². The number of hydrogen-bond donors (Lipinski definition) is 1. The van der Waals surface area contributed by atoms with Gasteiger partial charge < -0.3 is 15.0 Å². The normalized spacial score (nSPS) is 19.6. The van der Waals surface area contributed by atoms with E-state index in [1.54, 1.807) is 6.08 Å². The highest BCUT2D eigenvalue weighted by atomic mass is 32.2. The molecule has 1 aromatic rings. The van der Waals surface area contributed by atoms with Crippen LogP contribution in [0.5, 0.6) is 0 Å². The monoisotopic (exact) mass is 351 g/mol. The third-order valence-electron chi connectivity index (χ3n) is 4.39. The third kappa shape index (κ3) is 4.20. The van der Waals surface area contributed by atoms with E-state index >= 15 is 0 Å². The van der Waals surface area contributed by atoms with Crippen LogP contribution >= 0.6 is 11.8 Å². The van der Waals surface area contributed by atoms with Gasteiger partial charge >= 0.3 is 7.12 Å². The number of hydrogen-bond acceptors (Lipinski definition) is 5. The lowest BCUT2D eigenvalue weighted by molar-refractivity contribution is -0.109. The minimum absolute atomic E-state index is 0.00960. The van der Waals surface area contributed by atoms with Crippen molar-refractivity contribution in [2.75, 3.05) is 11.5 Å². The molecular weight excluding hydrogens is 328 g/mol. The van der Waals surface area contributed by atoms with E-state index in [9.17, 15) is 9.18 Å². The first-order valence-electron chi connectivity index (χ1n) is 7.76. The zero-order valence-corrected chi connectivity index (χ0v) is 15.5. The molecule has 1 aromatic carbocycles. The molecule has 0 bridgehead atoms. The van der Waals surface area contributed by atoms with E-state index in [-0.39, 0.29) is 10.9 Å². The van der Waals surface area contributed by atoms with E-state index in [0.29, 0.717) is 17.0 Å². The third-order valence-corrected chi connectivity index (χ3v) is 5.27. The standard InChI is InChI=1S/C17H23BFNO3S/c1-11(21)24-10-13(8-12-9-14(19)6-7-15(12)20)18-22-16(2,3)17(4,5)23-18/h6-9H,10,20H2,1-5H3. The van der Waals surface area contributed by atoms with Crippen molar-refractivity contribution in [3.63, 3.8) is 0 Å². The molecule has 1 aliphatic rings. The van der Waals surface area contributed by atoms with Crippen molar-refractivity contribution in [3.05, 3.63) is 35.1 Å². The molecule has 130 valence electrons. The van der Waals surface area contributed by atoms with Gasteiger partial charge in [-0.25, -0.2) is 4.39 Å². The molecule has 0 atom stereocenters. The predicted octanol–water partition coefficient (Wildman–Crippen LogP) is 3.70. The average molecular weight is 351 g/mol. The summed E-state index contributed by atoms with van der Waals surface area (Å²) in [6.07, 6.45) is 1.75. The van der Waals surface area contributed by atoms with Gasteiger partial charge in [0, 0.05) is 18.4 Å². The van der Waals surface area contributed by atoms with Gasteiger partial charge in [-0.15, -0.1) is 0 Å². The summed E-state index contributed by atoms with van der Waals surface area (Å²) >= 11 is 1.15. The van der Waals surface area contributed by atoms with Crippen molar-refractivity contribution >= 4 is 35.8 Å². The second-order valence-corrected chi connectivity index (χ2v) is 8.01. The van der Waals surface area contributed by atoms with Crippen molar-refractivity contribution in [3.8, 4) is 0 Å². The van der Waals surface area contributed by atoms with Crippen molar-refractivity contribution in [2.45, 2.75) is 45.8 Å². The van der Waals surface area contributed by atoms with Crippen molar-refractivity contribution in [1.29, 1.82) is 0 Å². The average Bonchev–Trinajstić information content (AvgIpc) is 2.66. The molecule has 1 heterocycles. The minimum Gasteiger partial charge on any atom is -0.400 e. The van der Waals surface area contributed by atoms with Gasteiger partial charge in [-0.05, 0) is 56.9 Å². The molecule has 1 saturated heterocycles. The van der Waals surface area contributed by atoms with Gasteiger partial charge in [-0.1, -0.05) is 17.8 Å². The number of nitrogen functional groups attached to an aromatic ring is 1. The summed E-state index contributed by atoms with van der Waals surface area (Å²) in [5.74, 6) is 0.0187. The molecule has 1 aliphatic heterocycles. The number of benzene rings is 1. The Hall–Kier alpha value is -1.31. The van der Waals surface area contributed by atoms with Crippen LogP contribution in [0.15, 0.2) is 23.7 Å². The van der Waals surface area contributed by atoms with Crippen LogP contribution in [0.2, 0.25) is 0 Å². The number of nitrogens with two attached hydrogens (primary N) is 1. The Bertz CT molecular complexity index is 660. The van der Waals surface area contributed by atoms with E-state index < -0.39 is 18.3 Å². The Balaban J connectivity index is 2.37. The highest BCUT2D eigenvalue weighted by Crippen LogP contribution is 2.39. The molecule has 0 aliphatic carbocycles. The molecule has 4 nitrogen and oxygen atoms in total. The molecule has 2 N–H and O–H groups in total. The minimum atomic E-state index is -0.607. The topological polar surface area (TPSA) is 61.6 Å². The molecular formula is C17H23BFNO3S. The van der Waals surface area contributed by atoms with Gasteiger partial charge in [-0.2, -0.15) is 0 Å². The van der Waals surface area contributed by atoms with Crippen molar-refractivity contribution in [2.24, 2.45) is 0 Å². The van der Waals surface area contributed by atoms with Gasteiger partial charge in [0.2, 0.25) is 0 Å². The van der Waals surface area contributed by atoms with Crippen molar-refractivity contribution < 1.29 is 18.5 Å². The number of halogens is 1. The van der Waals surface area contributed by atoms with Gasteiger partial charge in [0.25, 0.3) is 0 Å². The lowest BCUT2D eigenvalue weighted by atomic mass is 9.78. The molecule has 0 radical (unpaired) electrons. The maximum Gasteiger partial charge on any atom is 0.491 e. The van der Waals surface area contributed by atoms with Gasteiger partial charge in [0.15, 0.2) is 5.12 Å². The largest absolute Gasteiger partial charge is 0.491 e. The summed E-state index contributed by atoms with van der Waals surface area (Å²) < 4.78 is 25.6. The van der Waals surface area contributed by atoms with Crippen LogP contribution in [0.3, 0.4) is 0 Å². The maximum absolute atomic E-state index is 13.5. The lowest BCUT2D eigenvalue weighted by Crippen LogP contribution is -2.41. The van der Waals surface area contributed by atoms with Crippen LogP contribution in [0.1, 0.15) is 40.2 Å². The molecule has 0 unspecified atom stereocenters. The molecule has 1 fully saturated rings. The highest BCUT2D eigenvalue weighted by molar-refractivity contribution is 8.13. The van der Waals surface area contributed by atoms with Gasteiger partial charge in [0.05, 0.1) is 11.2 Å². The Kier molecular flexibility index (Phi) is 5.47. The molecule has 0 saturated carbocycles. The summed E-state index contributed by atoms with van der Waals surface area (Å²) in [6, 6.07) is 4.19. The van der Waals surface area contributed by atoms with Crippen LogP contribution in [0.4, 0.5) is 10.1 Å². The fourth-order valence-corrected chi connectivity index (χ4v) is 2.82. The number of anilines is 1. The SMILES string of the molecule is CC(=O)SCC(=Cc1cc(F)ccc1N)B1OC(C)(C)C(C)(C)O1. The number of thioether (sulfide) groups is 1. The highest BCUT2D eigenvalue weighted by Gasteiger charge is 2.52.